The quantitative estimate of drug-likeness (QED) is 0.227. The van der Waals surface area contributed by atoms with Crippen LogP contribution in [0.4, 0.5) is 48.3 Å². The first-order valence-electron chi connectivity index (χ1n) is 8.06. The van der Waals surface area contributed by atoms with Crippen LogP contribution in [0.25, 0.3) is 0 Å². The van der Waals surface area contributed by atoms with Gasteiger partial charge in [-0.25, -0.2) is 9.18 Å². The number of hydrogen-bond acceptors (Lipinski definition) is 2. The number of rotatable bonds is 5. The first-order valence-corrected chi connectivity index (χ1v) is 9.14. The maximum Gasteiger partial charge on any atom is 0.384 e. The summed E-state index contributed by atoms with van der Waals surface area (Å²) in [5.41, 5.74) is -6.18. The number of benzene rings is 1. The van der Waals surface area contributed by atoms with Crippen LogP contribution in [-0.4, -0.2) is 47.9 Å². The largest absolute Gasteiger partial charge is 0.462 e. The summed E-state index contributed by atoms with van der Waals surface area (Å²) in [5, 5.41) is 0. The summed E-state index contributed by atoms with van der Waals surface area (Å²) in [6.45, 7) is -0.779. The topological polar surface area (TPSA) is 26.3 Å². The molecular formula is C17H10F11IO2. The Morgan fingerprint density at radius 3 is 1.65 bits per heavy atom. The third-order valence-electron chi connectivity index (χ3n) is 4.43. The highest BCUT2D eigenvalue weighted by Gasteiger charge is 3.00. The molecule has 0 saturated heterocycles. The molecular weight excluding hydrogens is 572 g/mol. The van der Waals surface area contributed by atoms with Crippen LogP contribution in [0, 0.1) is 0 Å². The van der Waals surface area contributed by atoms with E-state index >= 15 is 0 Å². The minimum Gasteiger partial charge on any atom is -0.462 e. The smallest absolute Gasteiger partial charge is 0.384 e. The first-order chi connectivity index (χ1) is 13.9. The summed E-state index contributed by atoms with van der Waals surface area (Å²) in [7, 11) is 0. The molecule has 1 fully saturated rings. The molecule has 0 radical (unpaired) electrons. The number of carbonyl (C=O) groups is 1. The fourth-order valence-corrected chi connectivity index (χ4v) is 3.26. The SMILES string of the molecule is O=C(OCCC(I)=CC1(F)C(F)(F)C(F)(F)C(F)(F)C(F)(F)C1(F)F)c1ccccc1. The van der Waals surface area contributed by atoms with Gasteiger partial charge in [0.25, 0.3) is 5.67 Å². The van der Waals surface area contributed by atoms with Gasteiger partial charge in [-0.3, -0.25) is 0 Å². The van der Waals surface area contributed by atoms with Gasteiger partial charge in [0.2, 0.25) is 0 Å². The Labute approximate surface area is 180 Å². The Kier molecular flexibility index (Phi) is 6.42. The van der Waals surface area contributed by atoms with Crippen LogP contribution < -0.4 is 0 Å². The Hall–Kier alpha value is -1.61. The standard InChI is InChI=1S/C17H10F11IO2/c18-12(8-10(29)6-7-31-11(30)9-4-2-1-3-5-9)13(19,20)15(23,24)17(27,28)16(25,26)14(12,21)22/h1-5,8H,6-7H2. The third-order valence-corrected chi connectivity index (χ3v) is 5.28. The Balaban J connectivity index is 2.33. The molecule has 0 amide bonds. The number of esters is 1. The van der Waals surface area contributed by atoms with Gasteiger partial charge in [-0.2, -0.15) is 43.9 Å². The summed E-state index contributed by atoms with van der Waals surface area (Å²) in [5.74, 6) is -36.4. The molecule has 1 aliphatic carbocycles. The zero-order valence-electron chi connectivity index (χ0n) is 14.7. The van der Waals surface area contributed by atoms with Crippen molar-refractivity contribution in [3.8, 4) is 0 Å². The van der Waals surface area contributed by atoms with Gasteiger partial charge in [0.1, 0.15) is 0 Å². The average molecular weight is 582 g/mol. The summed E-state index contributed by atoms with van der Waals surface area (Å²) in [6, 6.07) is 7.02. The number of alkyl halides is 11. The fourth-order valence-electron chi connectivity index (χ4n) is 2.61. The highest BCUT2D eigenvalue weighted by atomic mass is 127. The molecule has 2 nitrogen and oxygen atoms in total. The van der Waals surface area contributed by atoms with E-state index in [-0.39, 0.29) is 5.56 Å². The van der Waals surface area contributed by atoms with Crippen molar-refractivity contribution in [2.75, 3.05) is 6.61 Å². The lowest BCUT2D eigenvalue weighted by Crippen LogP contribution is -2.83. The molecule has 14 heteroatoms. The van der Waals surface area contributed by atoms with Gasteiger partial charge in [-0.15, -0.1) is 0 Å². The van der Waals surface area contributed by atoms with E-state index in [0.29, 0.717) is 0 Å². The van der Waals surface area contributed by atoms with E-state index < -0.39 is 63.9 Å². The Morgan fingerprint density at radius 2 is 1.19 bits per heavy atom. The van der Waals surface area contributed by atoms with E-state index in [9.17, 15) is 53.1 Å². The Morgan fingerprint density at radius 1 is 0.774 bits per heavy atom. The number of allylic oxidation sites excluding steroid dienone is 1. The molecule has 174 valence electrons. The zero-order valence-corrected chi connectivity index (χ0v) is 16.9. The summed E-state index contributed by atoms with van der Waals surface area (Å²) < 4.78 is 154. The van der Waals surface area contributed by atoms with Crippen molar-refractivity contribution in [3.63, 3.8) is 0 Å². The van der Waals surface area contributed by atoms with Crippen LogP contribution in [-0.2, 0) is 4.74 Å². The minimum absolute atomic E-state index is 0.00955. The van der Waals surface area contributed by atoms with E-state index in [4.69, 9.17) is 0 Å². The van der Waals surface area contributed by atoms with Crippen LogP contribution in [0.1, 0.15) is 16.8 Å². The van der Waals surface area contributed by atoms with Gasteiger partial charge < -0.3 is 4.74 Å². The van der Waals surface area contributed by atoms with Crippen LogP contribution in [0.2, 0.25) is 0 Å². The molecule has 2 rings (SSSR count). The molecule has 0 unspecified atom stereocenters. The van der Waals surface area contributed by atoms with Crippen LogP contribution in [0.5, 0.6) is 0 Å². The van der Waals surface area contributed by atoms with Gasteiger partial charge in [-0.05, 0) is 44.4 Å². The predicted octanol–water partition coefficient (Wildman–Crippen LogP) is 6.45. The van der Waals surface area contributed by atoms with Crippen molar-refractivity contribution >= 4 is 28.6 Å². The molecule has 0 heterocycles. The van der Waals surface area contributed by atoms with Crippen molar-refractivity contribution in [3.05, 3.63) is 45.6 Å². The van der Waals surface area contributed by atoms with E-state index in [1.165, 1.54) is 24.3 Å². The minimum atomic E-state index is -7.26. The molecule has 1 aliphatic rings. The fraction of sp³-hybridized carbons (Fsp3) is 0.471. The van der Waals surface area contributed by atoms with E-state index in [0.717, 1.165) is 22.6 Å². The average Bonchev–Trinajstić information content (AvgIpc) is 2.66. The van der Waals surface area contributed by atoms with Gasteiger partial charge >= 0.3 is 35.6 Å². The normalized spacial score (nSPS) is 25.0. The van der Waals surface area contributed by atoms with Crippen LogP contribution in [0.3, 0.4) is 0 Å². The lowest BCUT2D eigenvalue weighted by Gasteiger charge is -2.51. The van der Waals surface area contributed by atoms with Gasteiger partial charge in [0, 0.05) is 6.42 Å². The first kappa shape index (κ1) is 25.6. The molecule has 0 atom stereocenters. The molecule has 31 heavy (non-hydrogen) atoms. The molecule has 0 aliphatic heterocycles. The molecule has 0 aromatic heterocycles. The van der Waals surface area contributed by atoms with Gasteiger partial charge in [0.05, 0.1) is 12.2 Å². The highest BCUT2D eigenvalue weighted by Crippen LogP contribution is 2.69. The highest BCUT2D eigenvalue weighted by molar-refractivity contribution is 14.1. The molecule has 1 aromatic rings. The number of carbonyl (C=O) groups excluding carboxylic acids is 1. The second-order valence-electron chi connectivity index (χ2n) is 6.43. The van der Waals surface area contributed by atoms with Gasteiger partial charge in [-0.1, -0.05) is 18.2 Å². The second-order valence-corrected chi connectivity index (χ2v) is 7.81. The lowest BCUT2D eigenvalue weighted by atomic mass is 9.72. The van der Waals surface area contributed by atoms with Crippen molar-refractivity contribution in [1.82, 2.24) is 0 Å². The van der Waals surface area contributed by atoms with Crippen LogP contribution >= 0.6 is 22.6 Å². The number of ether oxygens (including phenoxy) is 1. The summed E-state index contributed by atoms with van der Waals surface area (Å²) in [6.07, 6.45) is -1.81. The number of halogens is 12. The Bertz CT molecular complexity index is 838. The van der Waals surface area contributed by atoms with Crippen molar-refractivity contribution in [2.45, 2.75) is 41.7 Å². The third kappa shape index (κ3) is 3.48. The monoisotopic (exact) mass is 582 g/mol. The van der Waals surface area contributed by atoms with E-state index in [2.05, 4.69) is 4.74 Å². The number of hydrogen-bond donors (Lipinski definition) is 0. The van der Waals surface area contributed by atoms with Crippen molar-refractivity contribution < 1.29 is 57.8 Å². The molecule has 0 bridgehead atoms. The maximum absolute atomic E-state index is 14.6. The molecule has 0 N–H and O–H groups in total. The molecule has 0 spiro atoms. The molecule has 1 saturated carbocycles. The van der Waals surface area contributed by atoms with Crippen LogP contribution in [0.15, 0.2) is 40.0 Å². The summed E-state index contributed by atoms with van der Waals surface area (Å²) in [4.78, 5) is 11.7. The maximum atomic E-state index is 14.6. The summed E-state index contributed by atoms with van der Waals surface area (Å²) >= 11 is 0.867. The molecule has 1 aromatic carbocycles. The zero-order chi connectivity index (χ0) is 24.1. The predicted molar refractivity (Wildman–Crippen MR) is 92.0 cm³/mol. The second kappa shape index (κ2) is 7.76. The van der Waals surface area contributed by atoms with Crippen molar-refractivity contribution in [1.29, 1.82) is 0 Å². The van der Waals surface area contributed by atoms with Gasteiger partial charge in [0.15, 0.2) is 0 Å². The van der Waals surface area contributed by atoms with Crippen molar-refractivity contribution in [2.24, 2.45) is 0 Å². The van der Waals surface area contributed by atoms with E-state index in [1.54, 1.807) is 6.07 Å². The van der Waals surface area contributed by atoms with E-state index in [1.807, 2.05) is 0 Å². The lowest BCUT2D eigenvalue weighted by molar-refractivity contribution is -0.476.